The molecule has 24 heavy (non-hydrogen) atoms. The number of carboxylic acid groups (broad SMARTS) is 1. The van der Waals surface area contributed by atoms with E-state index in [2.05, 4.69) is 12.2 Å². The molecule has 0 radical (unpaired) electrons. The molecule has 0 amide bonds. The fraction of sp³-hybridized carbons (Fsp3) is 0.824. The third-order valence-corrected chi connectivity index (χ3v) is 3.54. The molecule has 0 saturated carbocycles. The number of hydrogen-bond acceptors (Lipinski definition) is 6. The topological polar surface area (TPSA) is 95.9 Å². The summed E-state index contributed by atoms with van der Waals surface area (Å²) in [5.41, 5.74) is 0. The van der Waals surface area contributed by atoms with Gasteiger partial charge in [-0.2, -0.15) is 0 Å². The molecule has 0 bridgehead atoms. The van der Waals surface area contributed by atoms with Crippen LogP contribution in [0.1, 0.15) is 46.0 Å². The predicted molar refractivity (Wildman–Crippen MR) is 89.9 cm³/mol. The normalized spacial score (nSPS) is 13.9. The van der Waals surface area contributed by atoms with E-state index < -0.39 is 18.2 Å². The molecule has 0 aromatic carbocycles. The maximum absolute atomic E-state index is 10.6. The fourth-order valence-electron chi connectivity index (χ4n) is 2.22. The number of unbranched alkanes of at least 4 members (excludes halogenated alkanes) is 1. The zero-order valence-electron chi connectivity index (χ0n) is 15.5. The van der Waals surface area contributed by atoms with Gasteiger partial charge in [0.05, 0.1) is 12.2 Å². The average molecular weight is 336 g/mol. The maximum Gasteiger partial charge on any atom is 1.00 e. The van der Waals surface area contributed by atoms with Crippen molar-refractivity contribution in [2.75, 3.05) is 32.7 Å². The van der Waals surface area contributed by atoms with Crippen molar-refractivity contribution < 1.29 is 39.0 Å². The van der Waals surface area contributed by atoms with E-state index in [0.29, 0.717) is 32.7 Å². The van der Waals surface area contributed by atoms with Crippen LogP contribution in [0.3, 0.4) is 0 Å². The minimum absolute atomic E-state index is 0. The second-order valence-corrected chi connectivity index (χ2v) is 5.83. The Morgan fingerprint density at radius 2 is 2.00 bits per heavy atom. The fourth-order valence-corrected chi connectivity index (χ4v) is 2.22. The smallest absolute Gasteiger partial charge is 0.550 e. The van der Waals surface area contributed by atoms with Crippen LogP contribution >= 0.6 is 0 Å². The van der Waals surface area contributed by atoms with E-state index in [0.717, 1.165) is 25.7 Å². The van der Waals surface area contributed by atoms with Crippen molar-refractivity contribution >= 4 is 5.97 Å². The number of aliphatic hydroxyl groups is 2. The molecule has 0 spiro atoms. The molecular formula is C17H33LiN2O4. The van der Waals surface area contributed by atoms with Crippen molar-refractivity contribution in [1.82, 2.24) is 10.2 Å². The van der Waals surface area contributed by atoms with Crippen LogP contribution in [0.2, 0.25) is 0 Å². The van der Waals surface area contributed by atoms with Gasteiger partial charge in [-0.25, -0.2) is 0 Å². The first kappa shape index (κ1) is 25.9. The third-order valence-electron chi connectivity index (χ3n) is 3.54. The Morgan fingerprint density at radius 1 is 1.29 bits per heavy atom. The van der Waals surface area contributed by atoms with Gasteiger partial charge in [-0.3, -0.25) is 4.90 Å². The van der Waals surface area contributed by atoms with E-state index in [1.54, 1.807) is 6.08 Å². The molecule has 2 atom stereocenters. The van der Waals surface area contributed by atoms with Crippen LogP contribution in [0.4, 0.5) is 0 Å². The summed E-state index contributed by atoms with van der Waals surface area (Å²) in [4.78, 5) is 12.6. The number of aliphatic hydroxyl groups excluding tert-OH is 2. The molecule has 0 aromatic heterocycles. The Morgan fingerprint density at radius 3 is 2.58 bits per heavy atom. The summed E-state index contributed by atoms with van der Waals surface area (Å²) in [6.45, 7) is 6.63. The monoisotopic (exact) mass is 336 g/mol. The van der Waals surface area contributed by atoms with Crippen molar-refractivity contribution in [2.45, 2.75) is 58.2 Å². The number of allylic oxidation sites excluding steroid dienone is 1. The zero-order valence-corrected chi connectivity index (χ0v) is 15.5. The molecule has 0 fully saturated rings. The first-order valence-electron chi connectivity index (χ1n) is 8.65. The Balaban J connectivity index is 0. The maximum atomic E-state index is 10.6. The molecule has 0 aliphatic carbocycles. The van der Waals surface area contributed by atoms with Gasteiger partial charge in [0, 0.05) is 38.7 Å². The molecule has 7 heteroatoms. The van der Waals surface area contributed by atoms with Crippen molar-refractivity contribution in [2.24, 2.45) is 0 Å². The third kappa shape index (κ3) is 16.5. The van der Waals surface area contributed by atoms with Crippen LogP contribution in [0, 0.1) is 0 Å². The molecule has 0 rings (SSSR count). The number of nitrogens with one attached hydrogen (secondary N) is 1. The summed E-state index contributed by atoms with van der Waals surface area (Å²) in [5, 5.41) is 33.4. The summed E-state index contributed by atoms with van der Waals surface area (Å²) >= 11 is 0. The van der Waals surface area contributed by atoms with E-state index >= 15 is 0 Å². The Kier molecular flexibility index (Phi) is 18.8. The number of carbonyl (C=O) groups is 1. The van der Waals surface area contributed by atoms with Crippen molar-refractivity contribution in [3.05, 3.63) is 12.2 Å². The standard InChI is InChI=1S/C17H34N2O4.Li/c1-3-5-7-15(20)13-18-10-12-19(11-9-17(22)23)14-16(21)8-6-4-2;/h5,7,15-16,18,20-21H,3-4,6,8-14H2,1-2H3,(H,22,23);/q;+1/p-1/b7-5+;. The molecular weight excluding hydrogens is 303 g/mol. The van der Waals surface area contributed by atoms with Gasteiger partial charge < -0.3 is 25.4 Å². The molecule has 0 saturated heterocycles. The van der Waals surface area contributed by atoms with Gasteiger partial charge in [-0.05, 0) is 19.3 Å². The second kappa shape index (κ2) is 17.5. The van der Waals surface area contributed by atoms with Gasteiger partial charge in [-0.15, -0.1) is 0 Å². The SMILES string of the molecule is CC/C=C/C(O)CNCCN(CCC(=O)[O-])CC(O)CCCC.[Li+]. The number of carbonyl (C=O) groups excluding carboxylic acids is 1. The van der Waals surface area contributed by atoms with Gasteiger partial charge >= 0.3 is 18.9 Å². The Hall–Kier alpha value is -0.353. The number of rotatable bonds is 15. The van der Waals surface area contributed by atoms with Crippen molar-refractivity contribution in [1.29, 1.82) is 0 Å². The molecule has 0 aromatic rings. The number of nitrogens with zero attached hydrogens (tertiary/aromatic N) is 1. The van der Waals surface area contributed by atoms with Gasteiger partial charge in [-0.1, -0.05) is 38.8 Å². The van der Waals surface area contributed by atoms with E-state index in [-0.39, 0.29) is 25.3 Å². The summed E-state index contributed by atoms with van der Waals surface area (Å²) in [7, 11) is 0. The van der Waals surface area contributed by atoms with Crippen LogP contribution in [-0.2, 0) is 4.79 Å². The molecule has 6 nitrogen and oxygen atoms in total. The minimum atomic E-state index is -1.08. The first-order chi connectivity index (χ1) is 11.0. The van der Waals surface area contributed by atoms with Gasteiger partial charge in [0.25, 0.3) is 0 Å². The Bertz CT molecular complexity index is 330. The summed E-state index contributed by atoms with van der Waals surface area (Å²) < 4.78 is 0. The van der Waals surface area contributed by atoms with E-state index in [4.69, 9.17) is 0 Å². The van der Waals surface area contributed by atoms with Gasteiger partial charge in [0.1, 0.15) is 0 Å². The van der Waals surface area contributed by atoms with Crippen LogP contribution in [-0.4, -0.2) is 66.0 Å². The summed E-state index contributed by atoms with van der Waals surface area (Å²) in [5.74, 6) is -1.08. The van der Waals surface area contributed by atoms with Crippen LogP contribution in [0.15, 0.2) is 12.2 Å². The molecule has 2 unspecified atom stereocenters. The van der Waals surface area contributed by atoms with Crippen LogP contribution < -0.4 is 29.3 Å². The zero-order chi connectivity index (χ0) is 17.5. The number of aliphatic carboxylic acids is 1. The van der Waals surface area contributed by atoms with Crippen molar-refractivity contribution in [3.8, 4) is 0 Å². The quantitative estimate of drug-likeness (QED) is 0.167. The molecule has 0 aliphatic rings. The second-order valence-electron chi connectivity index (χ2n) is 5.83. The van der Waals surface area contributed by atoms with E-state index in [9.17, 15) is 20.1 Å². The number of carboxylic acids is 1. The molecule has 0 aliphatic heterocycles. The molecule has 136 valence electrons. The minimum Gasteiger partial charge on any atom is -0.550 e. The van der Waals surface area contributed by atoms with Gasteiger partial charge in [0.15, 0.2) is 0 Å². The summed E-state index contributed by atoms with van der Waals surface area (Å²) in [6.07, 6.45) is 6.30. The first-order valence-corrected chi connectivity index (χ1v) is 8.65. The Labute approximate surface area is 158 Å². The predicted octanol–water partition coefficient (Wildman–Crippen LogP) is -3.10. The van der Waals surface area contributed by atoms with Gasteiger partial charge in [0.2, 0.25) is 0 Å². The average Bonchev–Trinajstić information content (AvgIpc) is 2.52. The van der Waals surface area contributed by atoms with Crippen molar-refractivity contribution in [3.63, 3.8) is 0 Å². The van der Waals surface area contributed by atoms with Crippen LogP contribution in [0.25, 0.3) is 0 Å². The summed E-state index contributed by atoms with van der Waals surface area (Å²) in [6, 6.07) is 0. The molecule has 3 N–H and O–H groups in total. The van der Waals surface area contributed by atoms with E-state index in [1.165, 1.54) is 0 Å². The van der Waals surface area contributed by atoms with E-state index in [1.807, 2.05) is 17.9 Å². The van der Waals surface area contributed by atoms with Crippen LogP contribution in [0.5, 0.6) is 0 Å². The number of hydrogen-bond donors (Lipinski definition) is 3. The molecule has 0 heterocycles. The largest absolute Gasteiger partial charge is 1.00 e.